The third-order valence-corrected chi connectivity index (χ3v) is 7.63. The molecule has 2 nitrogen and oxygen atoms in total. The molecule has 0 spiro atoms. The van der Waals surface area contributed by atoms with Gasteiger partial charge in [0.2, 0.25) is 0 Å². The second kappa shape index (κ2) is 7.06. The second-order valence-electron chi connectivity index (χ2n) is 4.04. The Morgan fingerprint density at radius 1 is 0.778 bits per heavy atom. The van der Waals surface area contributed by atoms with Gasteiger partial charge in [-0.2, -0.15) is 0 Å². The van der Waals surface area contributed by atoms with E-state index < -0.39 is 0 Å². The van der Waals surface area contributed by atoms with Gasteiger partial charge < -0.3 is 0 Å². The van der Waals surface area contributed by atoms with Crippen LogP contribution in [0.2, 0.25) is 10.6 Å². The maximum atomic E-state index is 4.45. The third-order valence-electron chi connectivity index (χ3n) is 2.35. The Labute approximate surface area is 121 Å². The van der Waals surface area contributed by atoms with E-state index in [1.165, 1.54) is 31.0 Å². The molecule has 0 aliphatic rings. The molecule has 0 radical (unpaired) electrons. The van der Waals surface area contributed by atoms with Crippen LogP contribution in [0.1, 0.15) is 11.1 Å². The summed E-state index contributed by atoms with van der Waals surface area (Å²) >= 11 is 1.03. The summed E-state index contributed by atoms with van der Waals surface area (Å²) < 4.78 is 2.53. The van der Waals surface area contributed by atoms with Gasteiger partial charge in [0.1, 0.15) is 0 Å². The Balaban J connectivity index is 1.73. The molecule has 0 amide bonds. The summed E-state index contributed by atoms with van der Waals surface area (Å²) in [7, 11) is 0. The minimum absolute atomic E-state index is 0.514. The molecule has 2 aromatic heterocycles. The first-order valence-corrected chi connectivity index (χ1v) is 9.98. The summed E-state index contributed by atoms with van der Waals surface area (Å²) in [4.78, 5) is 8.91. The van der Waals surface area contributed by atoms with E-state index in [2.05, 4.69) is 48.1 Å². The fourth-order valence-corrected chi connectivity index (χ4v) is 5.64. The van der Waals surface area contributed by atoms with E-state index in [4.69, 9.17) is 0 Å². The van der Waals surface area contributed by atoms with Gasteiger partial charge in [0.25, 0.3) is 0 Å². The number of aryl methyl sites for hydroxylation is 2. The molecule has 0 fully saturated rings. The molecule has 0 aliphatic carbocycles. The molecule has 2 aromatic rings. The molecule has 0 unspecified atom stereocenters. The van der Waals surface area contributed by atoms with Crippen molar-refractivity contribution in [3.05, 3.63) is 47.8 Å². The number of rotatable bonds is 5. The molecule has 0 aromatic carbocycles. The zero-order valence-corrected chi connectivity index (χ0v) is 14.0. The summed E-state index contributed by atoms with van der Waals surface area (Å²) in [6, 6.07) is 8.62. The normalized spacial score (nSPS) is 10.6. The molecule has 18 heavy (non-hydrogen) atoms. The summed E-state index contributed by atoms with van der Waals surface area (Å²) in [6.07, 6.45) is 3.92. The molecule has 0 atom stereocenters. The van der Waals surface area contributed by atoms with Gasteiger partial charge in [-0.1, -0.05) is 0 Å². The fourth-order valence-electron chi connectivity index (χ4n) is 1.37. The van der Waals surface area contributed by atoms with Gasteiger partial charge in [-0.15, -0.1) is 0 Å². The van der Waals surface area contributed by atoms with Crippen molar-refractivity contribution in [3.63, 3.8) is 0 Å². The monoisotopic (exact) mass is 372 g/mol. The van der Waals surface area contributed by atoms with E-state index in [1.807, 2.05) is 12.4 Å². The Hall–Kier alpha value is -0.661. The van der Waals surface area contributed by atoms with Crippen LogP contribution < -0.4 is 9.18 Å². The van der Waals surface area contributed by atoms with Crippen LogP contribution in [0, 0.1) is 13.8 Å². The molecule has 94 valence electrons. The molecule has 2 heterocycles. The van der Waals surface area contributed by atoms with Gasteiger partial charge in [-0.25, -0.2) is 0 Å². The number of aromatic nitrogens is 2. The first-order valence-electron chi connectivity index (χ1n) is 5.85. The van der Waals surface area contributed by atoms with E-state index in [1.54, 1.807) is 0 Å². The summed E-state index contributed by atoms with van der Waals surface area (Å²) in [6.45, 7) is 4.16. The van der Waals surface area contributed by atoms with Crippen molar-refractivity contribution in [2.45, 2.75) is 24.5 Å². The average molecular weight is 370 g/mol. The van der Waals surface area contributed by atoms with Crippen LogP contribution in [-0.2, 0) is 0 Å². The molecule has 0 saturated heterocycles. The van der Waals surface area contributed by atoms with E-state index >= 15 is 0 Å². The fraction of sp³-hybridized carbons (Fsp3) is 0.286. The maximum absolute atomic E-state index is 4.45. The van der Waals surface area contributed by atoms with E-state index in [-0.39, 0.29) is 0 Å². The van der Waals surface area contributed by atoms with Crippen molar-refractivity contribution >= 4 is 39.1 Å². The summed E-state index contributed by atoms with van der Waals surface area (Å²) in [5.74, 6) is 0. The molecular formula is C14H16N2Se2. The summed E-state index contributed by atoms with van der Waals surface area (Å²) in [5, 5.41) is 2.53. The van der Waals surface area contributed by atoms with Gasteiger partial charge in [0, 0.05) is 0 Å². The number of hydrogen-bond acceptors (Lipinski definition) is 2. The Morgan fingerprint density at radius 2 is 1.22 bits per heavy atom. The Kier molecular flexibility index (Phi) is 5.40. The van der Waals surface area contributed by atoms with E-state index in [9.17, 15) is 0 Å². The first-order chi connectivity index (χ1) is 8.74. The molecular weight excluding hydrogens is 354 g/mol. The minimum atomic E-state index is 0.514. The van der Waals surface area contributed by atoms with Gasteiger partial charge in [0.15, 0.2) is 0 Å². The Bertz CT molecular complexity index is 433. The van der Waals surface area contributed by atoms with Crippen LogP contribution in [0.4, 0.5) is 0 Å². The first kappa shape index (κ1) is 13.8. The quantitative estimate of drug-likeness (QED) is 0.586. The number of nitrogens with zero attached hydrogens (tertiary/aromatic N) is 2. The van der Waals surface area contributed by atoms with E-state index in [0.717, 1.165) is 0 Å². The topological polar surface area (TPSA) is 25.8 Å². The molecule has 0 N–H and O–H groups in total. The van der Waals surface area contributed by atoms with Crippen molar-refractivity contribution in [1.29, 1.82) is 0 Å². The van der Waals surface area contributed by atoms with Crippen LogP contribution in [0.3, 0.4) is 0 Å². The zero-order valence-electron chi connectivity index (χ0n) is 10.6. The molecule has 0 saturated carbocycles. The van der Waals surface area contributed by atoms with Gasteiger partial charge in [-0.3, -0.25) is 0 Å². The zero-order chi connectivity index (χ0) is 12.8. The van der Waals surface area contributed by atoms with Crippen molar-refractivity contribution in [2.75, 3.05) is 0 Å². The standard InChI is InChI=1S/C14H16N2Se2/c1-11-3-5-13(15-9-11)17-7-8-18-14-6-4-12(2)10-16-14/h3-6,9-10H,7-8H2,1-2H3. The van der Waals surface area contributed by atoms with Crippen molar-refractivity contribution in [2.24, 2.45) is 0 Å². The predicted molar refractivity (Wildman–Crippen MR) is 78.3 cm³/mol. The van der Waals surface area contributed by atoms with Gasteiger partial charge in [-0.05, 0) is 0 Å². The van der Waals surface area contributed by atoms with Crippen LogP contribution >= 0.6 is 0 Å². The molecule has 4 heteroatoms. The van der Waals surface area contributed by atoms with Crippen molar-refractivity contribution in [3.8, 4) is 0 Å². The van der Waals surface area contributed by atoms with Crippen LogP contribution in [0.15, 0.2) is 36.7 Å². The summed E-state index contributed by atoms with van der Waals surface area (Å²) in [5.41, 5.74) is 2.48. The van der Waals surface area contributed by atoms with E-state index in [0.29, 0.717) is 29.9 Å². The number of pyridine rings is 2. The molecule has 0 bridgehead atoms. The molecule has 0 aliphatic heterocycles. The predicted octanol–water partition coefficient (Wildman–Crippen LogP) is 1.29. The van der Waals surface area contributed by atoms with Gasteiger partial charge in [0.05, 0.1) is 0 Å². The Morgan fingerprint density at radius 3 is 1.56 bits per heavy atom. The second-order valence-corrected chi connectivity index (χ2v) is 8.72. The van der Waals surface area contributed by atoms with Crippen molar-refractivity contribution < 1.29 is 0 Å². The average Bonchev–Trinajstić information content (AvgIpc) is 2.39. The number of hydrogen-bond donors (Lipinski definition) is 0. The molecule has 2 rings (SSSR count). The van der Waals surface area contributed by atoms with Gasteiger partial charge >= 0.3 is 121 Å². The van der Waals surface area contributed by atoms with Crippen LogP contribution in [0.5, 0.6) is 0 Å². The van der Waals surface area contributed by atoms with Crippen molar-refractivity contribution in [1.82, 2.24) is 9.97 Å². The third kappa shape index (κ3) is 4.55. The van der Waals surface area contributed by atoms with Crippen LogP contribution in [-0.4, -0.2) is 39.9 Å². The SMILES string of the molecule is Cc1ccc([Se]CC[Se]c2ccc(C)cn2)nc1. The van der Waals surface area contributed by atoms with Crippen LogP contribution in [0.25, 0.3) is 0 Å².